The molecule has 2 atom stereocenters. The highest BCUT2D eigenvalue weighted by Crippen LogP contribution is 2.40. The van der Waals surface area contributed by atoms with Crippen LogP contribution in [0.3, 0.4) is 0 Å². The first kappa shape index (κ1) is 17.3. The van der Waals surface area contributed by atoms with E-state index in [4.69, 9.17) is 16.0 Å². The maximum Gasteiger partial charge on any atom is 0.289 e. The van der Waals surface area contributed by atoms with E-state index in [2.05, 4.69) is 0 Å². The van der Waals surface area contributed by atoms with Crippen LogP contribution in [0.15, 0.2) is 64.0 Å². The van der Waals surface area contributed by atoms with Gasteiger partial charge in [-0.3, -0.25) is 9.59 Å². The second kappa shape index (κ2) is 6.67. The molecule has 5 rings (SSSR count). The molecule has 0 radical (unpaired) electrons. The molecule has 0 saturated carbocycles. The van der Waals surface area contributed by atoms with E-state index < -0.39 is 0 Å². The number of amides is 1. The van der Waals surface area contributed by atoms with Crippen LogP contribution in [-0.2, 0) is 6.54 Å². The number of fused-ring (bicyclic) bond motifs is 4. The molecule has 0 N–H and O–H groups in total. The fourth-order valence-corrected chi connectivity index (χ4v) is 4.74. The van der Waals surface area contributed by atoms with Gasteiger partial charge in [-0.05, 0) is 48.2 Å². The van der Waals surface area contributed by atoms with Crippen LogP contribution in [0, 0.1) is 5.92 Å². The number of nitrogens with zero attached hydrogens (tertiary/aromatic N) is 2. The fraction of sp³-hybridized carbons (Fsp3) is 0.273. The van der Waals surface area contributed by atoms with Crippen LogP contribution in [0.4, 0.5) is 0 Å². The number of aromatic nitrogens is 1. The zero-order valence-electron chi connectivity index (χ0n) is 15.2. The van der Waals surface area contributed by atoms with Gasteiger partial charge in [0.25, 0.3) is 11.5 Å². The standard InChI is InChI=1S/C22H19ClN2O3/c23-17-5-3-15(4-6-17)18-7-8-20(26)25-12-14-10-16(21(18)25)13-24(11-14)22(27)19-2-1-9-28-19/h1-9,14,16H,10-13H2/t14-,16-/m1/s1. The quantitative estimate of drug-likeness (QED) is 0.659. The molecule has 5 nitrogen and oxygen atoms in total. The summed E-state index contributed by atoms with van der Waals surface area (Å²) in [5, 5.41) is 0.679. The number of furan rings is 1. The Bertz CT molecular complexity index is 1090. The summed E-state index contributed by atoms with van der Waals surface area (Å²) in [7, 11) is 0. The van der Waals surface area contributed by atoms with E-state index in [9.17, 15) is 9.59 Å². The summed E-state index contributed by atoms with van der Waals surface area (Å²) in [4.78, 5) is 27.3. The molecule has 6 heteroatoms. The zero-order valence-corrected chi connectivity index (χ0v) is 15.9. The lowest BCUT2D eigenvalue weighted by Gasteiger charge is -2.43. The summed E-state index contributed by atoms with van der Waals surface area (Å²) in [6.07, 6.45) is 2.50. The minimum Gasteiger partial charge on any atom is -0.459 e. The maximum absolute atomic E-state index is 12.8. The van der Waals surface area contributed by atoms with Gasteiger partial charge in [0.15, 0.2) is 5.76 Å². The van der Waals surface area contributed by atoms with Gasteiger partial charge in [-0.2, -0.15) is 0 Å². The Labute approximate surface area is 167 Å². The van der Waals surface area contributed by atoms with E-state index in [0.29, 0.717) is 30.4 Å². The first-order valence-electron chi connectivity index (χ1n) is 9.42. The molecule has 3 aromatic rings. The number of carbonyl (C=O) groups excluding carboxylic acids is 1. The molecule has 1 saturated heterocycles. The van der Waals surface area contributed by atoms with Crippen molar-refractivity contribution >= 4 is 17.5 Å². The van der Waals surface area contributed by atoms with E-state index in [0.717, 1.165) is 23.2 Å². The molecule has 1 fully saturated rings. The number of carbonyl (C=O) groups is 1. The molecule has 1 amide bonds. The normalized spacial score (nSPS) is 20.7. The van der Waals surface area contributed by atoms with Crippen molar-refractivity contribution in [3.63, 3.8) is 0 Å². The number of pyridine rings is 1. The van der Waals surface area contributed by atoms with Crippen molar-refractivity contribution in [3.8, 4) is 11.1 Å². The van der Waals surface area contributed by atoms with Crippen LogP contribution in [0.1, 0.15) is 28.6 Å². The van der Waals surface area contributed by atoms with Gasteiger partial charge in [0.1, 0.15) is 0 Å². The van der Waals surface area contributed by atoms with E-state index >= 15 is 0 Å². The Hall–Kier alpha value is -2.79. The predicted molar refractivity (Wildman–Crippen MR) is 107 cm³/mol. The van der Waals surface area contributed by atoms with Crippen molar-refractivity contribution in [1.82, 2.24) is 9.47 Å². The first-order chi connectivity index (χ1) is 13.6. The summed E-state index contributed by atoms with van der Waals surface area (Å²) in [5.41, 5.74) is 3.10. The Kier molecular flexibility index (Phi) is 4.13. The van der Waals surface area contributed by atoms with Crippen molar-refractivity contribution in [2.45, 2.75) is 18.9 Å². The molecule has 2 aliphatic heterocycles. The van der Waals surface area contributed by atoms with Gasteiger partial charge in [-0.1, -0.05) is 23.7 Å². The lowest BCUT2D eigenvalue weighted by Crippen LogP contribution is -2.49. The Morgan fingerprint density at radius 3 is 2.61 bits per heavy atom. The number of piperidine rings is 1. The van der Waals surface area contributed by atoms with Crippen LogP contribution in [0.25, 0.3) is 11.1 Å². The number of hydrogen-bond acceptors (Lipinski definition) is 3. The van der Waals surface area contributed by atoms with Crippen LogP contribution < -0.4 is 5.56 Å². The summed E-state index contributed by atoms with van der Waals surface area (Å²) in [6.45, 7) is 1.86. The van der Waals surface area contributed by atoms with Gasteiger partial charge in [0, 0.05) is 47.9 Å². The third-order valence-corrected chi connectivity index (χ3v) is 6.02. The zero-order chi connectivity index (χ0) is 19.3. The van der Waals surface area contributed by atoms with E-state index in [-0.39, 0.29) is 23.3 Å². The molecular formula is C22H19ClN2O3. The van der Waals surface area contributed by atoms with Gasteiger partial charge in [0.05, 0.1) is 6.26 Å². The molecule has 0 unspecified atom stereocenters. The summed E-state index contributed by atoms with van der Waals surface area (Å²) in [6, 6.07) is 14.6. The molecular weight excluding hydrogens is 376 g/mol. The Morgan fingerprint density at radius 1 is 1.04 bits per heavy atom. The largest absolute Gasteiger partial charge is 0.459 e. The van der Waals surface area contributed by atoms with Crippen LogP contribution in [0.5, 0.6) is 0 Å². The van der Waals surface area contributed by atoms with E-state index in [1.165, 1.54) is 6.26 Å². The topological polar surface area (TPSA) is 55.5 Å². The second-order valence-corrected chi connectivity index (χ2v) is 8.01. The monoisotopic (exact) mass is 394 g/mol. The van der Waals surface area contributed by atoms with Crippen molar-refractivity contribution in [2.75, 3.05) is 13.1 Å². The van der Waals surface area contributed by atoms with Crippen molar-refractivity contribution < 1.29 is 9.21 Å². The smallest absolute Gasteiger partial charge is 0.289 e. The maximum atomic E-state index is 12.8. The van der Waals surface area contributed by atoms with Crippen LogP contribution in [0.2, 0.25) is 5.02 Å². The lowest BCUT2D eigenvalue weighted by molar-refractivity contribution is 0.0564. The highest BCUT2D eigenvalue weighted by Gasteiger charge is 2.38. The molecule has 1 aromatic carbocycles. The average Bonchev–Trinajstić information content (AvgIpc) is 3.24. The highest BCUT2D eigenvalue weighted by atomic mass is 35.5. The van der Waals surface area contributed by atoms with Crippen LogP contribution in [-0.4, -0.2) is 28.5 Å². The third kappa shape index (κ3) is 2.87. The Morgan fingerprint density at radius 2 is 1.86 bits per heavy atom. The number of likely N-dealkylation sites (tertiary alicyclic amines) is 1. The lowest BCUT2D eigenvalue weighted by atomic mass is 9.80. The number of rotatable bonds is 2. The van der Waals surface area contributed by atoms with Crippen LogP contribution >= 0.6 is 11.6 Å². The third-order valence-electron chi connectivity index (χ3n) is 5.76. The van der Waals surface area contributed by atoms with Gasteiger partial charge < -0.3 is 13.9 Å². The van der Waals surface area contributed by atoms with Gasteiger partial charge in [0.2, 0.25) is 0 Å². The van der Waals surface area contributed by atoms with Gasteiger partial charge >= 0.3 is 0 Å². The van der Waals surface area contributed by atoms with Crippen molar-refractivity contribution in [3.05, 3.63) is 81.6 Å². The summed E-state index contributed by atoms with van der Waals surface area (Å²) >= 11 is 6.05. The van der Waals surface area contributed by atoms with Gasteiger partial charge in [-0.25, -0.2) is 0 Å². The van der Waals surface area contributed by atoms with E-state index in [1.54, 1.807) is 18.2 Å². The molecule has 2 bridgehead atoms. The number of hydrogen-bond donors (Lipinski definition) is 0. The van der Waals surface area contributed by atoms with Gasteiger partial charge in [-0.15, -0.1) is 0 Å². The SMILES string of the molecule is O=C(c1ccco1)N1C[C@H]2C[C@H](C1)c1c(-c3ccc(Cl)cc3)ccc(=O)n1C2. The first-order valence-corrected chi connectivity index (χ1v) is 9.80. The second-order valence-electron chi connectivity index (χ2n) is 7.57. The molecule has 0 aliphatic carbocycles. The van der Waals surface area contributed by atoms with E-state index in [1.807, 2.05) is 39.8 Å². The molecule has 0 spiro atoms. The molecule has 142 valence electrons. The minimum absolute atomic E-state index is 0.0215. The summed E-state index contributed by atoms with van der Waals surface area (Å²) < 4.78 is 7.20. The molecule has 2 aromatic heterocycles. The number of halogens is 1. The molecule has 28 heavy (non-hydrogen) atoms. The minimum atomic E-state index is -0.0838. The van der Waals surface area contributed by atoms with Crippen molar-refractivity contribution in [2.24, 2.45) is 5.92 Å². The highest BCUT2D eigenvalue weighted by molar-refractivity contribution is 6.30. The predicted octanol–water partition coefficient (Wildman–Crippen LogP) is 4.02. The molecule has 4 heterocycles. The molecule has 2 aliphatic rings. The average molecular weight is 395 g/mol. The summed E-state index contributed by atoms with van der Waals surface area (Å²) in [5.74, 6) is 0.664. The fourth-order valence-electron chi connectivity index (χ4n) is 4.61. The Balaban J connectivity index is 1.56. The number of benzene rings is 1. The van der Waals surface area contributed by atoms with Crippen molar-refractivity contribution in [1.29, 1.82) is 0 Å².